The van der Waals surface area contributed by atoms with Crippen molar-refractivity contribution in [3.8, 4) is 0 Å². The van der Waals surface area contributed by atoms with E-state index in [2.05, 4.69) is 9.71 Å². The molecule has 2 rings (SSSR count). The summed E-state index contributed by atoms with van der Waals surface area (Å²) in [7, 11) is -3.79. The summed E-state index contributed by atoms with van der Waals surface area (Å²) in [5.41, 5.74) is 8.41. The van der Waals surface area contributed by atoms with Gasteiger partial charge in [0.15, 0.2) is 5.15 Å². The van der Waals surface area contributed by atoms with Crippen molar-refractivity contribution in [1.82, 2.24) is 4.98 Å². The largest absolute Gasteiger partial charge is 0.398 e. The molecule has 0 bridgehead atoms. The van der Waals surface area contributed by atoms with Crippen LogP contribution in [-0.4, -0.2) is 13.4 Å². The molecule has 5 nitrogen and oxygen atoms in total. The maximum absolute atomic E-state index is 12.6. The van der Waals surface area contributed by atoms with E-state index >= 15 is 0 Å². The van der Waals surface area contributed by atoms with Crippen LogP contribution in [0.2, 0.25) is 5.15 Å². The van der Waals surface area contributed by atoms with Crippen LogP contribution in [-0.2, 0) is 10.0 Å². The van der Waals surface area contributed by atoms with Crippen molar-refractivity contribution >= 4 is 33.0 Å². The highest BCUT2D eigenvalue weighted by atomic mass is 35.5. The summed E-state index contributed by atoms with van der Waals surface area (Å²) in [5, 5.41) is 0.100. The van der Waals surface area contributed by atoms with Crippen molar-refractivity contribution in [1.29, 1.82) is 0 Å². The van der Waals surface area contributed by atoms with Crippen molar-refractivity contribution in [3.05, 3.63) is 46.2 Å². The lowest BCUT2D eigenvalue weighted by Gasteiger charge is -2.15. The van der Waals surface area contributed by atoms with Gasteiger partial charge in [0, 0.05) is 11.9 Å². The van der Waals surface area contributed by atoms with Gasteiger partial charge in [-0.15, -0.1) is 0 Å². The number of rotatable bonds is 3. The number of halogens is 1. The molecule has 1 aromatic carbocycles. The Bertz CT molecular complexity index is 804. The van der Waals surface area contributed by atoms with E-state index < -0.39 is 10.0 Å². The molecule has 0 unspecified atom stereocenters. The Kier molecular flexibility index (Phi) is 4.11. The van der Waals surface area contributed by atoms with Crippen molar-refractivity contribution in [2.45, 2.75) is 25.7 Å². The van der Waals surface area contributed by atoms with Crippen molar-refractivity contribution < 1.29 is 8.42 Å². The zero-order valence-corrected chi connectivity index (χ0v) is 13.5. The highest BCUT2D eigenvalue weighted by molar-refractivity contribution is 7.92. The molecule has 0 aliphatic carbocycles. The van der Waals surface area contributed by atoms with E-state index in [1.54, 1.807) is 45.2 Å². The Labute approximate surface area is 129 Å². The third-order valence-corrected chi connectivity index (χ3v) is 5.09. The van der Waals surface area contributed by atoms with E-state index in [0.29, 0.717) is 16.8 Å². The van der Waals surface area contributed by atoms with Gasteiger partial charge in [-0.05, 0) is 49.6 Å². The molecule has 0 spiro atoms. The molecule has 0 atom stereocenters. The van der Waals surface area contributed by atoms with Gasteiger partial charge >= 0.3 is 0 Å². The Morgan fingerprint density at radius 1 is 1.24 bits per heavy atom. The average Bonchev–Trinajstić information content (AvgIpc) is 2.38. The number of hydrogen-bond acceptors (Lipinski definition) is 4. The Morgan fingerprint density at radius 3 is 2.57 bits per heavy atom. The van der Waals surface area contributed by atoms with Gasteiger partial charge in [-0.2, -0.15) is 0 Å². The first-order valence-corrected chi connectivity index (χ1v) is 8.09. The van der Waals surface area contributed by atoms with Gasteiger partial charge in [0.1, 0.15) is 0 Å². The van der Waals surface area contributed by atoms with Crippen molar-refractivity contribution in [2.24, 2.45) is 0 Å². The predicted molar refractivity (Wildman–Crippen MR) is 85.1 cm³/mol. The number of nitrogens with zero attached hydrogens (tertiary/aromatic N) is 1. The second-order valence-electron chi connectivity index (χ2n) is 4.88. The fourth-order valence-corrected chi connectivity index (χ4v) is 3.84. The summed E-state index contributed by atoms with van der Waals surface area (Å²) in [6, 6.07) is 4.99. The van der Waals surface area contributed by atoms with Crippen LogP contribution in [0.25, 0.3) is 0 Å². The zero-order valence-electron chi connectivity index (χ0n) is 11.9. The Balaban J connectivity index is 2.54. The number of nitrogens with one attached hydrogen (secondary N) is 1. The van der Waals surface area contributed by atoms with E-state index in [1.165, 1.54) is 0 Å². The predicted octanol–water partition coefficient (Wildman–Crippen LogP) is 3.04. The summed E-state index contributed by atoms with van der Waals surface area (Å²) in [5.74, 6) is 0. The smallest absolute Gasteiger partial charge is 0.262 e. The normalized spacial score (nSPS) is 11.4. The summed E-state index contributed by atoms with van der Waals surface area (Å²) in [4.78, 5) is 4.10. The first-order chi connectivity index (χ1) is 9.72. The van der Waals surface area contributed by atoms with Crippen LogP contribution in [0.1, 0.15) is 16.7 Å². The molecule has 0 aliphatic heterocycles. The van der Waals surface area contributed by atoms with Crippen LogP contribution >= 0.6 is 11.6 Å². The van der Waals surface area contributed by atoms with E-state index in [4.69, 9.17) is 17.3 Å². The van der Waals surface area contributed by atoms with Crippen LogP contribution in [0, 0.1) is 20.8 Å². The molecular weight excluding hydrogens is 310 g/mol. The van der Waals surface area contributed by atoms with Gasteiger partial charge < -0.3 is 5.73 Å². The molecule has 0 aliphatic rings. The zero-order chi connectivity index (χ0) is 15.8. The van der Waals surface area contributed by atoms with E-state index in [1.807, 2.05) is 0 Å². The summed E-state index contributed by atoms with van der Waals surface area (Å²) < 4.78 is 27.7. The molecule has 0 saturated heterocycles. The number of nitrogens with two attached hydrogens (primary N) is 1. The Hall–Kier alpha value is -1.79. The minimum absolute atomic E-state index is 0.100. The van der Waals surface area contributed by atoms with Crippen LogP contribution < -0.4 is 10.5 Å². The molecule has 1 heterocycles. The van der Waals surface area contributed by atoms with Gasteiger partial charge in [0.25, 0.3) is 10.0 Å². The molecule has 7 heteroatoms. The second kappa shape index (κ2) is 5.54. The number of pyridine rings is 1. The molecule has 2 aromatic rings. The highest BCUT2D eigenvalue weighted by Gasteiger charge is 2.22. The molecule has 0 saturated carbocycles. The maximum Gasteiger partial charge on any atom is 0.262 e. The number of hydrogen-bond donors (Lipinski definition) is 2. The van der Waals surface area contributed by atoms with E-state index in [9.17, 15) is 8.42 Å². The first kappa shape index (κ1) is 15.6. The van der Waals surface area contributed by atoms with E-state index in [-0.39, 0.29) is 15.7 Å². The summed E-state index contributed by atoms with van der Waals surface area (Å²) in [6.07, 6.45) is 1.57. The summed E-state index contributed by atoms with van der Waals surface area (Å²) in [6.45, 7) is 5.20. The summed E-state index contributed by atoms with van der Waals surface area (Å²) >= 11 is 5.94. The number of aryl methyl sites for hydroxylation is 2. The minimum Gasteiger partial charge on any atom is -0.398 e. The van der Waals surface area contributed by atoms with Gasteiger partial charge in [-0.3, -0.25) is 4.72 Å². The monoisotopic (exact) mass is 325 g/mol. The first-order valence-electron chi connectivity index (χ1n) is 6.23. The van der Waals surface area contributed by atoms with Crippen LogP contribution in [0.3, 0.4) is 0 Å². The number of sulfonamides is 1. The topological polar surface area (TPSA) is 85.1 Å². The third kappa shape index (κ3) is 3.11. The van der Waals surface area contributed by atoms with Crippen LogP contribution in [0.15, 0.2) is 29.3 Å². The van der Waals surface area contributed by atoms with Gasteiger partial charge in [0.05, 0.1) is 10.6 Å². The standard InChI is InChI=1S/C14H16ClN3O2S/c1-8-6-12(14(15)17-7-8)18-21(19,20)13-9(2)4-5-11(16)10(13)3/h4-7,18H,16H2,1-3H3. The number of benzene rings is 1. The minimum atomic E-state index is -3.79. The number of anilines is 2. The lowest BCUT2D eigenvalue weighted by molar-refractivity contribution is 0.600. The molecule has 0 fully saturated rings. The maximum atomic E-state index is 12.6. The molecule has 21 heavy (non-hydrogen) atoms. The molecule has 0 amide bonds. The fourth-order valence-electron chi connectivity index (χ4n) is 2.08. The van der Waals surface area contributed by atoms with Crippen LogP contribution in [0.5, 0.6) is 0 Å². The third-order valence-electron chi connectivity index (χ3n) is 3.13. The van der Waals surface area contributed by atoms with Crippen molar-refractivity contribution in [2.75, 3.05) is 10.5 Å². The quantitative estimate of drug-likeness (QED) is 0.671. The van der Waals surface area contributed by atoms with Crippen molar-refractivity contribution in [3.63, 3.8) is 0 Å². The molecule has 1 aromatic heterocycles. The molecule has 3 N–H and O–H groups in total. The average molecular weight is 326 g/mol. The lowest BCUT2D eigenvalue weighted by atomic mass is 10.1. The highest BCUT2D eigenvalue weighted by Crippen LogP contribution is 2.28. The molecule has 0 radical (unpaired) electrons. The van der Waals surface area contributed by atoms with E-state index in [0.717, 1.165) is 5.56 Å². The lowest BCUT2D eigenvalue weighted by Crippen LogP contribution is -2.17. The number of nitrogen functional groups attached to an aromatic ring is 1. The molecule has 112 valence electrons. The van der Waals surface area contributed by atoms with Gasteiger partial charge in [0.2, 0.25) is 0 Å². The fraction of sp³-hybridized carbons (Fsp3) is 0.214. The number of aromatic nitrogens is 1. The second-order valence-corrected chi connectivity index (χ2v) is 6.86. The van der Waals surface area contributed by atoms with Gasteiger partial charge in [-0.1, -0.05) is 17.7 Å². The molecular formula is C14H16ClN3O2S. The van der Waals surface area contributed by atoms with Gasteiger partial charge in [-0.25, -0.2) is 13.4 Å². The van der Waals surface area contributed by atoms with Crippen LogP contribution in [0.4, 0.5) is 11.4 Å². The Morgan fingerprint density at radius 2 is 1.90 bits per heavy atom. The SMILES string of the molecule is Cc1cnc(Cl)c(NS(=O)(=O)c2c(C)ccc(N)c2C)c1.